The molecule has 0 aromatic rings. The van der Waals surface area contributed by atoms with Gasteiger partial charge in [0.1, 0.15) is 0 Å². The van der Waals surface area contributed by atoms with Crippen LogP contribution in [0.5, 0.6) is 0 Å². The van der Waals surface area contributed by atoms with Crippen molar-refractivity contribution >= 4 is 18.0 Å². The fourth-order valence-electron chi connectivity index (χ4n) is 1.95. The van der Waals surface area contributed by atoms with Crippen LogP contribution in [0.1, 0.15) is 6.42 Å². The van der Waals surface area contributed by atoms with Crippen molar-refractivity contribution < 1.29 is 29.3 Å². The molecule has 0 aliphatic carbocycles. The van der Waals surface area contributed by atoms with Gasteiger partial charge in [0.15, 0.2) is 6.04 Å². The van der Waals surface area contributed by atoms with Crippen LogP contribution in [0.15, 0.2) is 0 Å². The first-order valence-electron chi connectivity index (χ1n) is 6.66. The predicted molar refractivity (Wildman–Crippen MR) is 71.7 cm³/mol. The summed E-state index contributed by atoms with van der Waals surface area (Å²) in [5.41, 5.74) is 0. The molecule has 0 spiro atoms. The molecule has 1 atom stereocenters. The molecule has 1 rings (SSSR count). The molecule has 3 N–H and O–H groups in total. The van der Waals surface area contributed by atoms with E-state index in [1.807, 2.05) is 4.90 Å². The summed E-state index contributed by atoms with van der Waals surface area (Å²) in [7, 11) is 1.34. The van der Waals surface area contributed by atoms with Crippen molar-refractivity contribution in [3.05, 3.63) is 0 Å². The van der Waals surface area contributed by atoms with Crippen molar-refractivity contribution in [2.75, 3.05) is 46.4 Å². The van der Waals surface area contributed by atoms with Gasteiger partial charge in [0.2, 0.25) is 0 Å². The lowest BCUT2D eigenvalue weighted by Gasteiger charge is -2.34. The maximum Gasteiger partial charge on any atom is 0.328 e. The zero-order valence-corrected chi connectivity index (χ0v) is 11.9. The molecule has 9 heteroatoms. The van der Waals surface area contributed by atoms with E-state index in [0.29, 0.717) is 39.1 Å². The Hall–Kier alpha value is -1.87. The number of carbonyl (C=O) groups excluding carboxylic acids is 2. The van der Waals surface area contributed by atoms with Gasteiger partial charge in [0, 0.05) is 32.7 Å². The Kier molecular flexibility index (Phi) is 6.89. The summed E-state index contributed by atoms with van der Waals surface area (Å²) in [4.78, 5) is 37.1. The van der Waals surface area contributed by atoms with E-state index >= 15 is 0 Å². The molecule has 9 nitrogen and oxygen atoms in total. The van der Waals surface area contributed by atoms with Crippen LogP contribution in [0.3, 0.4) is 0 Å². The normalized spacial score (nSPS) is 17.1. The minimum Gasteiger partial charge on any atom is -0.480 e. The van der Waals surface area contributed by atoms with Crippen LogP contribution in [-0.2, 0) is 14.3 Å². The number of urea groups is 1. The van der Waals surface area contributed by atoms with Gasteiger partial charge in [0.25, 0.3) is 0 Å². The summed E-state index contributed by atoms with van der Waals surface area (Å²) in [6.45, 7) is 1.98. The maximum absolute atomic E-state index is 11.8. The summed E-state index contributed by atoms with van der Waals surface area (Å²) in [5.74, 6) is -1.55. The number of ether oxygens (including phenoxy) is 1. The Balaban J connectivity index is 2.33. The van der Waals surface area contributed by atoms with E-state index in [1.54, 1.807) is 0 Å². The summed E-state index contributed by atoms with van der Waals surface area (Å²) in [6, 6.07) is -1.81. The number of hydrogen-bond acceptors (Lipinski definition) is 6. The van der Waals surface area contributed by atoms with E-state index in [9.17, 15) is 14.4 Å². The monoisotopic (exact) mass is 303 g/mol. The molecule has 0 radical (unpaired) electrons. The van der Waals surface area contributed by atoms with Gasteiger partial charge < -0.3 is 25.2 Å². The molecule has 2 amide bonds. The Morgan fingerprint density at radius 1 is 1.24 bits per heavy atom. The number of hydrogen-bond donors (Lipinski definition) is 3. The molecule has 1 fully saturated rings. The van der Waals surface area contributed by atoms with E-state index in [0.717, 1.165) is 0 Å². The number of nitrogens with one attached hydrogen (secondary N) is 1. The molecule has 1 heterocycles. The second kappa shape index (κ2) is 8.42. The van der Waals surface area contributed by atoms with Crippen LogP contribution in [0, 0.1) is 0 Å². The zero-order valence-electron chi connectivity index (χ0n) is 11.9. The first-order valence-corrected chi connectivity index (χ1v) is 6.66. The number of methoxy groups -OCH3 is 1. The van der Waals surface area contributed by atoms with Crippen molar-refractivity contribution in [2.45, 2.75) is 12.5 Å². The number of carboxylic acids is 1. The van der Waals surface area contributed by atoms with Crippen molar-refractivity contribution in [2.24, 2.45) is 0 Å². The molecule has 1 aliphatic heterocycles. The number of piperazine rings is 1. The van der Waals surface area contributed by atoms with Crippen LogP contribution >= 0.6 is 0 Å². The van der Waals surface area contributed by atoms with Crippen LogP contribution in [0.2, 0.25) is 0 Å². The van der Waals surface area contributed by atoms with E-state index in [1.165, 1.54) is 12.0 Å². The number of nitrogens with zero attached hydrogens (tertiary/aromatic N) is 2. The lowest BCUT2D eigenvalue weighted by atomic mass is 10.3. The molecule has 0 aromatic heterocycles. The van der Waals surface area contributed by atoms with Gasteiger partial charge in [-0.1, -0.05) is 0 Å². The number of aliphatic hydroxyl groups is 1. The first kappa shape index (κ1) is 17.2. The first-order chi connectivity index (χ1) is 9.97. The highest BCUT2D eigenvalue weighted by molar-refractivity contribution is 5.82. The highest BCUT2D eigenvalue weighted by Crippen LogP contribution is 2.03. The minimum atomic E-state index is -1.30. The number of rotatable bonds is 6. The van der Waals surface area contributed by atoms with E-state index in [-0.39, 0.29) is 5.97 Å². The predicted octanol–water partition coefficient (Wildman–Crippen LogP) is -1.68. The summed E-state index contributed by atoms with van der Waals surface area (Å²) in [5, 5.41) is 19.9. The Bertz CT molecular complexity index is 381. The molecule has 1 saturated heterocycles. The number of carbonyl (C=O) groups is 3. The molecule has 1 aliphatic rings. The van der Waals surface area contributed by atoms with Gasteiger partial charge in [-0.05, 0) is 0 Å². The van der Waals surface area contributed by atoms with Crippen LogP contribution < -0.4 is 5.32 Å². The fourth-order valence-corrected chi connectivity index (χ4v) is 1.95. The molecule has 0 aromatic carbocycles. The quantitative estimate of drug-likeness (QED) is 0.501. The molecule has 0 saturated carbocycles. The number of carboxylic acid groups (broad SMARTS) is 1. The van der Waals surface area contributed by atoms with Gasteiger partial charge in [-0.2, -0.15) is 0 Å². The molecule has 120 valence electrons. The average Bonchev–Trinajstić information content (AvgIpc) is 2.50. The second-order valence-electron chi connectivity index (χ2n) is 4.68. The van der Waals surface area contributed by atoms with Gasteiger partial charge in [0.05, 0.1) is 20.1 Å². The zero-order chi connectivity index (χ0) is 15.8. The molecule has 0 unspecified atom stereocenters. The van der Waals surface area contributed by atoms with Crippen LogP contribution in [-0.4, -0.2) is 90.5 Å². The fraction of sp³-hybridized carbons (Fsp3) is 0.750. The lowest BCUT2D eigenvalue weighted by molar-refractivity contribution is -0.141. The van der Waals surface area contributed by atoms with Crippen molar-refractivity contribution in [3.8, 4) is 0 Å². The molecular weight excluding hydrogens is 282 g/mol. The Morgan fingerprint density at radius 2 is 1.86 bits per heavy atom. The smallest absolute Gasteiger partial charge is 0.328 e. The van der Waals surface area contributed by atoms with E-state index in [4.69, 9.17) is 10.2 Å². The largest absolute Gasteiger partial charge is 0.480 e. The number of amides is 2. The molecular formula is C12H21N3O6. The third-order valence-electron chi connectivity index (χ3n) is 3.30. The number of esters is 1. The van der Waals surface area contributed by atoms with Crippen LogP contribution in [0.25, 0.3) is 0 Å². The highest BCUT2D eigenvalue weighted by Gasteiger charge is 2.25. The van der Waals surface area contributed by atoms with Crippen LogP contribution in [0.4, 0.5) is 4.79 Å². The third kappa shape index (κ3) is 5.56. The average molecular weight is 303 g/mol. The van der Waals surface area contributed by atoms with Gasteiger partial charge in [-0.3, -0.25) is 9.69 Å². The Morgan fingerprint density at radius 3 is 2.33 bits per heavy atom. The SMILES string of the molecule is COC(=O)CCN1CCN(C(=O)N[C@H](CO)C(=O)O)CC1. The number of aliphatic hydroxyl groups excluding tert-OH is 1. The summed E-state index contributed by atoms with van der Waals surface area (Å²) in [6.07, 6.45) is 0.300. The molecule has 0 bridgehead atoms. The maximum atomic E-state index is 11.8. The second-order valence-corrected chi connectivity index (χ2v) is 4.68. The molecule has 21 heavy (non-hydrogen) atoms. The highest BCUT2D eigenvalue weighted by atomic mass is 16.5. The lowest BCUT2D eigenvalue weighted by Crippen LogP contribution is -2.55. The summed E-state index contributed by atoms with van der Waals surface area (Å²) >= 11 is 0. The van der Waals surface area contributed by atoms with Crippen molar-refractivity contribution in [1.82, 2.24) is 15.1 Å². The van der Waals surface area contributed by atoms with Crippen molar-refractivity contribution in [1.29, 1.82) is 0 Å². The Labute approximate surface area is 122 Å². The van der Waals surface area contributed by atoms with Gasteiger partial charge in [-0.25, -0.2) is 9.59 Å². The standard InChI is InChI=1S/C12H21N3O6/c1-21-10(17)2-3-14-4-6-15(7-5-14)12(20)13-9(8-16)11(18)19/h9,16H,2-8H2,1H3,(H,13,20)(H,18,19)/t9-/m1/s1. The summed E-state index contributed by atoms with van der Waals surface area (Å²) < 4.78 is 4.56. The van der Waals surface area contributed by atoms with E-state index < -0.39 is 24.6 Å². The number of aliphatic carboxylic acids is 1. The van der Waals surface area contributed by atoms with Crippen molar-refractivity contribution in [3.63, 3.8) is 0 Å². The van der Waals surface area contributed by atoms with Gasteiger partial charge >= 0.3 is 18.0 Å². The van der Waals surface area contributed by atoms with Gasteiger partial charge in [-0.15, -0.1) is 0 Å². The van der Waals surface area contributed by atoms with E-state index in [2.05, 4.69) is 10.1 Å². The minimum absolute atomic E-state index is 0.276. The topological polar surface area (TPSA) is 119 Å². The third-order valence-corrected chi connectivity index (χ3v) is 3.30.